The Morgan fingerprint density at radius 3 is 2.56 bits per heavy atom. The third-order valence-electron chi connectivity index (χ3n) is 0.726. The maximum Gasteiger partial charge on any atom is 0.329 e. The molecule has 2 nitrogen and oxygen atoms in total. The van der Waals surface area contributed by atoms with Crippen molar-refractivity contribution in [1.29, 1.82) is 0 Å². The Labute approximate surface area is 62.0 Å². The van der Waals surface area contributed by atoms with Crippen LogP contribution in [0.5, 0.6) is 0 Å². The highest BCUT2D eigenvalue weighted by Gasteiger charge is 2.24. The van der Waals surface area contributed by atoms with E-state index < -0.39 is 9.05 Å². The van der Waals surface area contributed by atoms with Gasteiger partial charge in [-0.2, -0.15) is 8.42 Å². The second-order valence-electron chi connectivity index (χ2n) is 1.34. The molecule has 0 atom stereocenters. The standard InChI is InChI=1S/C4H2ClO2S2/c5-9(6,7)4-1-2-8-3-4/h1,3H/q+1. The van der Waals surface area contributed by atoms with Gasteiger partial charge in [-0.1, -0.05) is 0 Å². The van der Waals surface area contributed by atoms with Gasteiger partial charge in [-0.05, 0) is 0 Å². The summed E-state index contributed by atoms with van der Waals surface area (Å²) in [5, 5.41) is 4.05. The van der Waals surface area contributed by atoms with Crippen molar-refractivity contribution >= 4 is 31.5 Å². The van der Waals surface area contributed by atoms with E-state index in [1.54, 1.807) is 0 Å². The van der Waals surface area contributed by atoms with Crippen molar-refractivity contribution in [1.82, 2.24) is 0 Å². The van der Waals surface area contributed by atoms with Gasteiger partial charge < -0.3 is 0 Å². The topological polar surface area (TPSA) is 34.1 Å². The van der Waals surface area contributed by atoms with Crippen molar-refractivity contribution in [2.24, 2.45) is 0 Å². The van der Waals surface area contributed by atoms with Gasteiger partial charge in [-0.15, -0.1) is 0 Å². The summed E-state index contributed by atoms with van der Waals surface area (Å²) in [6.07, 6.45) is 1.34. The van der Waals surface area contributed by atoms with E-state index in [-0.39, 0.29) is 4.91 Å². The van der Waals surface area contributed by atoms with Crippen LogP contribution in [0.1, 0.15) is 0 Å². The van der Waals surface area contributed by atoms with Crippen molar-refractivity contribution in [3.8, 4) is 0 Å². The third-order valence-corrected chi connectivity index (χ3v) is 2.83. The summed E-state index contributed by atoms with van der Waals surface area (Å²) in [4.78, 5) is 0.120. The molecule has 5 heteroatoms. The van der Waals surface area contributed by atoms with E-state index >= 15 is 0 Å². The number of rotatable bonds is 1. The molecule has 0 aromatic rings. The molecule has 48 valence electrons. The summed E-state index contributed by atoms with van der Waals surface area (Å²) < 4.78 is 20.9. The van der Waals surface area contributed by atoms with Crippen LogP contribution in [0.15, 0.2) is 16.4 Å². The minimum atomic E-state index is -3.51. The maximum absolute atomic E-state index is 10.4. The van der Waals surface area contributed by atoms with Gasteiger partial charge >= 0.3 is 9.05 Å². The van der Waals surface area contributed by atoms with Crippen molar-refractivity contribution < 1.29 is 8.42 Å². The molecule has 0 bridgehead atoms. The monoisotopic (exact) mass is 181 g/mol. The van der Waals surface area contributed by atoms with Crippen LogP contribution in [0.4, 0.5) is 0 Å². The third kappa shape index (κ3) is 1.69. The number of thioether (sulfide) groups is 1. The van der Waals surface area contributed by atoms with E-state index in [1.165, 1.54) is 23.2 Å². The molecular formula is C4H2ClO2S2+. The molecule has 1 aliphatic heterocycles. The lowest BCUT2D eigenvalue weighted by molar-refractivity contribution is 0.616. The first kappa shape index (κ1) is 7.09. The van der Waals surface area contributed by atoms with E-state index in [0.717, 1.165) is 0 Å². The molecule has 0 N–H and O–H groups in total. The van der Waals surface area contributed by atoms with Crippen molar-refractivity contribution in [2.75, 3.05) is 0 Å². The predicted octanol–water partition coefficient (Wildman–Crippen LogP) is 1.46. The van der Waals surface area contributed by atoms with Crippen LogP contribution in [0.3, 0.4) is 0 Å². The van der Waals surface area contributed by atoms with Gasteiger partial charge in [0.15, 0.2) is 6.08 Å². The zero-order chi connectivity index (χ0) is 6.91. The summed E-state index contributed by atoms with van der Waals surface area (Å²) in [6, 6.07) is 0. The highest BCUT2D eigenvalue weighted by molar-refractivity contribution is 8.18. The quantitative estimate of drug-likeness (QED) is 0.454. The molecule has 0 unspecified atom stereocenters. The maximum atomic E-state index is 10.4. The van der Waals surface area contributed by atoms with Crippen LogP contribution >= 0.6 is 22.4 Å². The van der Waals surface area contributed by atoms with E-state index in [1.807, 2.05) is 0 Å². The lowest BCUT2D eigenvalue weighted by Gasteiger charge is -1.76. The van der Waals surface area contributed by atoms with Gasteiger partial charge in [0, 0.05) is 10.7 Å². The largest absolute Gasteiger partial charge is 0.329 e. The molecule has 0 aliphatic carbocycles. The normalized spacial score (nSPS) is 17.2. The number of halogens is 1. The van der Waals surface area contributed by atoms with Crippen LogP contribution in [0.2, 0.25) is 0 Å². The molecule has 0 aromatic heterocycles. The molecule has 0 fully saturated rings. The van der Waals surface area contributed by atoms with Crippen LogP contribution in [0.25, 0.3) is 0 Å². The fourth-order valence-corrected chi connectivity index (χ4v) is 2.13. The second kappa shape index (κ2) is 2.31. The summed E-state index contributed by atoms with van der Waals surface area (Å²) in [5.41, 5.74) is 0. The Bertz CT molecular complexity index is 262. The average Bonchev–Trinajstić information content (AvgIpc) is 2.08. The molecular weight excluding hydrogens is 180 g/mol. The Balaban J connectivity index is 3.01. The van der Waals surface area contributed by atoms with Gasteiger partial charge in [0.2, 0.25) is 4.91 Å². The van der Waals surface area contributed by atoms with Crippen LogP contribution in [0, 0.1) is 5.41 Å². The average molecular weight is 182 g/mol. The molecule has 0 spiro atoms. The van der Waals surface area contributed by atoms with Gasteiger partial charge in [0.25, 0.3) is 0 Å². The van der Waals surface area contributed by atoms with E-state index in [9.17, 15) is 8.42 Å². The molecule has 0 saturated heterocycles. The molecule has 0 amide bonds. The van der Waals surface area contributed by atoms with Gasteiger partial charge in [-0.3, -0.25) is 0 Å². The Morgan fingerprint density at radius 1 is 1.67 bits per heavy atom. The fourth-order valence-electron chi connectivity index (χ4n) is 0.346. The Hall–Kier alpha value is -0.0200. The predicted molar refractivity (Wildman–Crippen MR) is 38.3 cm³/mol. The van der Waals surface area contributed by atoms with Crippen molar-refractivity contribution in [3.05, 3.63) is 21.8 Å². The molecule has 1 heterocycles. The SMILES string of the molecule is O=S(=O)(Cl)C1=CS[C+]=C1. The number of allylic oxidation sites excluding steroid dienone is 1. The smallest absolute Gasteiger partial charge is 0.186 e. The first-order valence-electron chi connectivity index (χ1n) is 2.00. The highest BCUT2D eigenvalue weighted by atomic mass is 35.7. The van der Waals surface area contributed by atoms with Crippen molar-refractivity contribution in [2.45, 2.75) is 0 Å². The summed E-state index contributed by atoms with van der Waals surface area (Å²) in [6.45, 7) is 0. The van der Waals surface area contributed by atoms with Crippen LogP contribution < -0.4 is 0 Å². The summed E-state index contributed by atoms with van der Waals surface area (Å²) in [5.74, 6) is 0. The van der Waals surface area contributed by atoms with E-state index in [0.29, 0.717) is 0 Å². The van der Waals surface area contributed by atoms with Gasteiger partial charge in [-0.25, -0.2) is 0 Å². The van der Waals surface area contributed by atoms with E-state index in [4.69, 9.17) is 10.7 Å². The number of hydrogen-bond acceptors (Lipinski definition) is 3. The first-order chi connectivity index (χ1) is 4.11. The molecule has 0 aromatic carbocycles. The second-order valence-corrected chi connectivity index (χ2v) is 4.61. The number of hydrogen-bond donors (Lipinski definition) is 0. The zero-order valence-electron chi connectivity index (χ0n) is 4.17. The first-order valence-corrected chi connectivity index (χ1v) is 5.19. The molecule has 0 saturated carbocycles. The molecule has 1 rings (SSSR count). The van der Waals surface area contributed by atoms with Crippen LogP contribution in [-0.2, 0) is 9.05 Å². The van der Waals surface area contributed by atoms with E-state index in [2.05, 4.69) is 5.41 Å². The Morgan fingerprint density at radius 2 is 2.33 bits per heavy atom. The molecule has 0 radical (unpaired) electrons. The zero-order valence-corrected chi connectivity index (χ0v) is 6.55. The highest BCUT2D eigenvalue weighted by Crippen LogP contribution is 2.24. The van der Waals surface area contributed by atoms with Gasteiger partial charge in [0.1, 0.15) is 10.8 Å². The molecule has 1 aliphatic rings. The van der Waals surface area contributed by atoms with Crippen molar-refractivity contribution in [3.63, 3.8) is 0 Å². The Kier molecular flexibility index (Phi) is 1.82. The van der Waals surface area contributed by atoms with Crippen LogP contribution in [-0.4, -0.2) is 8.42 Å². The summed E-state index contributed by atoms with van der Waals surface area (Å²) in [7, 11) is 1.45. The summed E-state index contributed by atoms with van der Waals surface area (Å²) >= 11 is 1.18. The fraction of sp³-hybridized carbons (Fsp3) is 0. The molecule has 9 heavy (non-hydrogen) atoms. The minimum absolute atomic E-state index is 0.120. The lowest BCUT2D eigenvalue weighted by Crippen LogP contribution is -1.87. The van der Waals surface area contributed by atoms with Gasteiger partial charge in [0.05, 0.1) is 11.8 Å². The lowest BCUT2D eigenvalue weighted by atomic mass is 10.6. The minimum Gasteiger partial charge on any atom is -0.186 e.